The van der Waals surface area contributed by atoms with Gasteiger partial charge in [-0.3, -0.25) is 14.4 Å². The SMILES string of the molecule is COc1ccc(C(=O)[C@@H]2[C@@H](C(=O)c3ccccc3)N3c4ccccc4C(C)=C[C@@H]3[C@@]23C(=O)Nc2ccccc23)cc1. The van der Waals surface area contributed by atoms with Gasteiger partial charge in [-0.2, -0.15) is 0 Å². The van der Waals surface area contributed by atoms with Gasteiger partial charge in [0.05, 0.1) is 19.1 Å². The van der Waals surface area contributed by atoms with Crippen molar-refractivity contribution in [2.24, 2.45) is 5.92 Å². The van der Waals surface area contributed by atoms with E-state index >= 15 is 0 Å². The predicted molar refractivity (Wildman–Crippen MR) is 158 cm³/mol. The second kappa shape index (κ2) is 9.30. The molecule has 0 radical (unpaired) electrons. The zero-order valence-electron chi connectivity index (χ0n) is 22.7. The van der Waals surface area contributed by atoms with Crippen LogP contribution in [0.15, 0.2) is 109 Å². The highest BCUT2D eigenvalue weighted by Gasteiger charge is 2.70. The van der Waals surface area contributed by atoms with Crippen LogP contribution in [0, 0.1) is 5.92 Å². The van der Waals surface area contributed by atoms with Crippen molar-refractivity contribution in [3.8, 4) is 5.75 Å². The molecule has 202 valence electrons. The number of Topliss-reactive ketones (excluding diaryl/α,β-unsaturated/α-hetero) is 2. The third-order valence-electron chi connectivity index (χ3n) is 8.87. The van der Waals surface area contributed by atoms with Gasteiger partial charge in [-0.05, 0) is 54.5 Å². The molecule has 1 saturated heterocycles. The Morgan fingerprint density at radius 3 is 2.22 bits per heavy atom. The van der Waals surface area contributed by atoms with Crippen LogP contribution in [0.4, 0.5) is 11.4 Å². The number of nitrogens with one attached hydrogen (secondary N) is 1. The maximum atomic E-state index is 14.8. The number of amides is 1. The summed E-state index contributed by atoms with van der Waals surface area (Å²) in [7, 11) is 1.57. The lowest BCUT2D eigenvalue weighted by molar-refractivity contribution is -0.121. The average Bonchev–Trinajstić information content (AvgIpc) is 3.49. The second-order valence-electron chi connectivity index (χ2n) is 10.8. The molecule has 4 aromatic carbocycles. The number of methoxy groups -OCH3 is 1. The Hall–Kier alpha value is -4.97. The maximum absolute atomic E-state index is 14.8. The molecule has 0 unspecified atom stereocenters. The standard InChI is InChI=1S/C35H28N2O4/c1-21-20-29-35(26-13-7-8-14-27(26)36-34(35)40)30(32(38)23-16-18-24(41-2)19-17-23)31(33(39)22-10-4-3-5-11-22)37(29)28-15-9-6-12-25(21)28/h3-20,29-31H,1-2H3,(H,36,40)/t29-,30+,31+,35-/m1/s1. The molecular weight excluding hydrogens is 512 g/mol. The second-order valence-corrected chi connectivity index (χ2v) is 10.8. The van der Waals surface area contributed by atoms with Gasteiger partial charge in [-0.25, -0.2) is 0 Å². The summed E-state index contributed by atoms with van der Waals surface area (Å²) < 4.78 is 5.33. The summed E-state index contributed by atoms with van der Waals surface area (Å²) in [6.07, 6.45) is 2.07. The lowest BCUT2D eigenvalue weighted by atomic mass is 9.64. The van der Waals surface area contributed by atoms with Gasteiger partial charge in [0.1, 0.15) is 17.2 Å². The van der Waals surface area contributed by atoms with E-state index in [1.807, 2.05) is 78.6 Å². The maximum Gasteiger partial charge on any atom is 0.238 e. The van der Waals surface area contributed by atoms with Crippen molar-refractivity contribution in [3.05, 3.63) is 131 Å². The van der Waals surface area contributed by atoms with Gasteiger partial charge >= 0.3 is 0 Å². The molecule has 6 heteroatoms. The molecular formula is C35H28N2O4. The minimum Gasteiger partial charge on any atom is -0.497 e. The first-order valence-corrected chi connectivity index (χ1v) is 13.7. The van der Waals surface area contributed by atoms with E-state index in [9.17, 15) is 14.4 Å². The number of rotatable bonds is 5. The van der Waals surface area contributed by atoms with Crippen LogP contribution in [-0.4, -0.2) is 36.7 Å². The van der Waals surface area contributed by atoms with Crippen molar-refractivity contribution in [1.29, 1.82) is 0 Å². The molecule has 1 fully saturated rings. The Morgan fingerprint density at radius 1 is 0.805 bits per heavy atom. The van der Waals surface area contributed by atoms with E-state index in [1.54, 1.807) is 43.5 Å². The van der Waals surface area contributed by atoms with Crippen molar-refractivity contribution >= 4 is 34.4 Å². The van der Waals surface area contributed by atoms with Crippen LogP contribution in [0.25, 0.3) is 5.57 Å². The molecule has 1 amide bonds. The van der Waals surface area contributed by atoms with Gasteiger partial charge in [0.2, 0.25) is 5.91 Å². The first kappa shape index (κ1) is 25.0. The van der Waals surface area contributed by atoms with Crippen LogP contribution in [0.1, 0.15) is 38.8 Å². The molecule has 0 aliphatic carbocycles. The quantitative estimate of drug-likeness (QED) is 0.317. The summed E-state index contributed by atoms with van der Waals surface area (Å²) in [6.45, 7) is 2.02. The van der Waals surface area contributed by atoms with Gasteiger partial charge in [0, 0.05) is 28.1 Å². The topological polar surface area (TPSA) is 75.7 Å². The van der Waals surface area contributed by atoms with Crippen molar-refractivity contribution in [3.63, 3.8) is 0 Å². The van der Waals surface area contributed by atoms with E-state index in [0.717, 1.165) is 22.4 Å². The summed E-state index contributed by atoms with van der Waals surface area (Å²) in [5.74, 6) is -1.11. The van der Waals surface area contributed by atoms with Crippen LogP contribution in [0.5, 0.6) is 5.75 Å². The summed E-state index contributed by atoms with van der Waals surface area (Å²) in [5, 5.41) is 3.08. The van der Waals surface area contributed by atoms with E-state index < -0.39 is 23.4 Å². The first-order chi connectivity index (χ1) is 20.0. The van der Waals surface area contributed by atoms with Gasteiger partial charge < -0.3 is 15.0 Å². The van der Waals surface area contributed by atoms with Crippen LogP contribution in [0.2, 0.25) is 0 Å². The number of hydrogen-bond acceptors (Lipinski definition) is 5. The molecule has 3 aliphatic heterocycles. The van der Waals surface area contributed by atoms with E-state index in [1.165, 1.54) is 0 Å². The number of nitrogens with zero attached hydrogens (tertiary/aromatic N) is 1. The first-order valence-electron chi connectivity index (χ1n) is 13.7. The molecule has 6 nitrogen and oxygen atoms in total. The molecule has 3 aliphatic rings. The summed E-state index contributed by atoms with van der Waals surface area (Å²) >= 11 is 0. The zero-order valence-corrected chi connectivity index (χ0v) is 22.7. The number of ketones is 2. The molecule has 0 saturated carbocycles. The highest BCUT2D eigenvalue weighted by Crippen LogP contribution is 2.58. The molecule has 1 N–H and O–H groups in total. The summed E-state index contributed by atoms with van der Waals surface area (Å²) in [6, 6.07) is 29.9. The molecule has 4 atom stereocenters. The highest BCUT2D eigenvalue weighted by atomic mass is 16.5. The number of ether oxygens (including phenoxy) is 1. The Labute approximate surface area is 238 Å². The van der Waals surface area contributed by atoms with Crippen LogP contribution < -0.4 is 15.0 Å². The number of hydrogen-bond donors (Lipinski definition) is 1. The third kappa shape index (κ3) is 3.46. The fraction of sp³-hybridized carbons (Fsp3) is 0.171. The van der Waals surface area contributed by atoms with Crippen LogP contribution >= 0.6 is 0 Å². The fourth-order valence-corrected chi connectivity index (χ4v) is 7.10. The van der Waals surface area contributed by atoms with Gasteiger partial charge in [0.25, 0.3) is 0 Å². The zero-order chi connectivity index (χ0) is 28.3. The third-order valence-corrected chi connectivity index (χ3v) is 8.87. The number of fused-ring (bicyclic) bond motifs is 6. The minimum absolute atomic E-state index is 0.195. The Kier molecular flexibility index (Phi) is 5.68. The molecule has 1 spiro atoms. The number of anilines is 2. The highest BCUT2D eigenvalue weighted by molar-refractivity contribution is 6.18. The lowest BCUT2D eigenvalue weighted by Crippen LogP contribution is -2.51. The fourth-order valence-electron chi connectivity index (χ4n) is 7.10. The van der Waals surface area contributed by atoms with Crippen LogP contribution in [0.3, 0.4) is 0 Å². The van der Waals surface area contributed by atoms with E-state index in [0.29, 0.717) is 22.6 Å². The molecule has 7 rings (SSSR count). The van der Waals surface area contributed by atoms with Gasteiger partial charge in [0.15, 0.2) is 11.6 Å². The minimum atomic E-state index is -1.34. The smallest absolute Gasteiger partial charge is 0.238 e. The van der Waals surface area contributed by atoms with E-state index in [-0.39, 0.29) is 17.5 Å². The average molecular weight is 541 g/mol. The predicted octanol–water partition coefficient (Wildman–Crippen LogP) is 5.94. The van der Waals surface area contributed by atoms with Crippen LogP contribution in [-0.2, 0) is 10.2 Å². The summed E-state index contributed by atoms with van der Waals surface area (Å²) in [5.41, 5.74) is 3.81. The monoisotopic (exact) mass is 540 g/mol. The van der Waals surface area contributed by atoms with Crippen molar-refractivity contribution in [1.82, 2.24) is 0 Å². The Morgan fingerprint density at radius 2 is 1.46 bits per heavy atom. The lowest BCUT2D eigenvalue weighted by Gasteiger charge is -2.39. The largest absolute Gasteiger partial charge is 0.497 e. The number of benzene rings is 4. The number of carbonyl (C=O) groups excluding carboxylic acids is 3. The van der Waals surface area contributed by atoms with Gasteiger partial charge in [-0.1, -0.05) is 72.8 Å². The van der Waals surface area contributed by atoms with Gasteiger partial charge in [-0.15, -0.1) is 0 Å². The number of para-hydroxylation sites is 2. The number of allylic oxidation sites excluding steroid dienone is 1. The van der Waals surface area contributed by atoms with E-state index in [2.05, 4.69) is 11.4 Å². The Balaban J connectivity index is 1.54. The molecule has 4 aromatic rings. The van der Waals surface area contributed by atoms with E-state index in [4.69, 9.17) is 4.74 Å². The molecule has 0 bridgehead atoms. The normalized spacial score (nSPS) is 23.8. The van der Waals surface area contributed by atoms with Crippen molar-refractivity contribution in [2.45, 2.75) is 24.4 Å². The molecule has 41 heavy (non-hydrogen) atoms. The van der Waals surface area contributed by atoms with Crippen molar-refractivity contribution < 1.29 is 19.1 Å². The van der Waals surface area contributed by atoms with Crippen molar-refractivity contribution in [2.75, 3.05) is 17.3 Å². The number of carbonyl (C=O) groups is 3. The Bertz CT molecular complexity index is 1740. The molecule has 0 aromatic heterocycles. The molecule has 3 heterocycles. The summed E-state index contributed by atoms with van der Waals surface area (Å²) in [4.78, 5) is 45.9.